The highest BCUT2D eigenvalue weighted by Gasteiger charge is 2.00. The molecule has 0 spiro atoms. The van der Waals surface area contributed by atoms with E-state index >= 15 is 0 Å². The monoisotopic (exact) mass is 161 g/mol. The maximum atomic E-state index is 4.30. The normalized spacial score (nSPS) is 10.8. The third kappa shape index (κ3) is 0.978. The molecule has 62 valence electrons. The minimum absolute atomic E-state index is 0.798. The van der Waals surface area contributed by atoms with Gasteiger partial charge in [0.15, 0.2) is 0 Å². The maximum absolute atomic E-state index is 4.30. The topological polar surface area (TPSA) is 30.2 Å². The van der Waals surface area contributed by atoms with E-state index in [2.05, 4.69) is 23.0 Å². The number of hydrogen-bond acceptors (Lipinski definition) is 2. The fraction of sp³-hybridized carbons (Fsp3) is 0.333. The van der Waals surface area contributed by atoms with Crippen molar-refractivity contribution in [1.82, 2.24) is 14.4 Å². The smallest absolute Gasteiger partial charge is 0.234 e. The van der Waals surface area contributed by atoms with Crippen LogP contribution in [0.3, 0.4) is 0 Å². The summed E-state index contributed by atoms with van der Waals surface area (Å²) in [6.45, 7) is 4.13. The summed E-state index contributed by atoms with van der Waals surface area (Å²) in [5.41, 5.74) is 2.29. The summed E-state index contributed by atoms with van der Waals surface area (Å²) in [5, 5.41) is 0. The Labute approximate surface area is 71.1 Å². The van der Waals surface area contributed by atoms with E-state index in [1.165, 1.54) is 5.69 Å². The highest BCUT2D eigenvalue weighted by atomic mass is 15.1. The first kappa shape index (κ1) is 7.28. The van der Waals surface area contributed by atoms with Crippen LogP contribution in [0.25, 0.3) is 5.78 Å². The largest absolute Gasteiger partial charge is 0.288 e. The SMILES string of the molecule is CCc1cc(C)nc2nccn12. The van der Waals surface area contributed by atoms with Gasteiger partial charge in [0.25, 0.3) is 0 Å². The number of aryl methyl sites for hydroxylation is 2. The molecule has 0 fully saturated rings. The first-order chi connectivity index (χ1) is 5.81. The average molecular weight is 161 g/mol. The van der Waals surface area contributed by atoms with Crippen LogP contribution in [0.5, 0.6) is 0 Å². The molecule has 0 atom stereocenters. The lowest BCUT2D eigenvalue weighted by molar-refractivity contribution is 0.939. The molecule has 0 saturated carbocycles. The van der Waals surface area contributed by atoms with Gasteiger partial charge in [-0.25, -0.2) is 9.97 Å². The maximum Gasteiger partial charge on any atom is 0.234 e. The fourth-order valence-electron chi connectivity index (χ4n) is 1.38. The van der Waals surface area contributed by atoms with Gasteiger partial charge in [0.1, 0.15) is 0 Å². The Morgan fingerprint density at radius 3 is 3.08 bits per heavy atom. The molecule has 2 aromatic heterocycles. The third-order valence-electron chi connectivity index (χ3n) is 1.94. The Morgan fingerprint density at radius 1 is 1.50 bits per heavy atom. The van der Waals surface area contributed by atoms with E-state index in [0.717, 1.165) is 17.9 Å². The van der Waals surface area contributed by atoms with Gasteiger partial charge in [-0.2, -0.15) is 0 Å². The third-order valence-corrected chi connectivity index (χ3v) is 1.94. The first-order valence-corrected chi connectivity index (χ1v) is 4.11. The van der Waals surface area contributed by atoms with Crippen molar-refractivity contribution in [3.05, 3.63) is 29.8 Å². The summed E-state index contributed by atoms with van der Waals surface area (Å²) in [6.07, 6.45) is 4.73. The van der Waals surface area contributed by atoms with Crippen molar-refractivity contribution < 1.29 is 0 Å². The quantitative estimate of drug-likeness (QED) is 0.636. The molecular weight excluding hydrogens is 150 g/mol. The molecule has 0 radical (unpaired) electrons. The lowest BCUT2D eigenvalue weighted by atomic mass is 10.3. The summed E-state index contributed by atoms with van der Waals surface area (Å²) in [5.74, 6) is 0.798. The lowest BCUT2D eigenvalue weighted by Crippen LogP contribution is -1.98. The zero-order valence-electron chi connectivity index (χ0n) is 7.28. The second kappa shape index (κ2) is 2.59. The Balaban J connectivity index is 2.80. The van der Waals surface area contributed by atoms with E-state index < -0.39 is 0 Å². The second-order valence-corrected chi connectivity index (χ2v) is 2.84. The molecule has 2 rings (SSSR count). The molecule has 0 aliphatic heterocycles. The molecule has 2 aromatic rings. The molecule has 0 bridgehead atoms. The van der Waals surface area contributed by atoms with Gasteiger partial charge in [0.05, 0.1) is 0 Å². The minimum atomic E-state index is 0.798. The van der Waals surface area contributed by atoms with Gasteiger partial charge >= 0.3 is 0 Å². The van der Waals surface area contributed by atoms with Gasteiger partial charge in [0, 0.05) is 23.8 Å². The average Bonchev–Trinajstić information content (AvgIpc) is 2.50. The molecule has 3 nitrogen and oxygen atoms in total. The molecule has 3 heteroatoms. The molecular formula is C9H11N3. The van der Waals surface area contributed by atoms with Crippen LogP contribution in [0.15, 0.2) is 18.5 Å². The van der Waals surface area contributed by atoms with Crippen molar-refractivity contribution in [2.75, 3.05) is 0 Å². The van der Waals surface area contributed by atoms with Crippen molar-refractivity contribution >= 4 is 5.78 Å². The Morgan fingerprint density at radius 2 is 2.33 bits per heavy atom. The van der Waals surface area contributed by atoms with Crippen LogP contribution in [0, 0.1) is 6.92 Å². The van der Waals surface area contributed by atoms with E-state index in [1.807, 2.05) is 17.5 Å². The molecule has 0 saturated heterocycles. The van der Waals surface area contributed by atoms with Crippen molar-refractivity contribution in [2.45, 2.75) is 20.3 Å². The van der Waals surface area contributed by atoms with Gasteiger partial charge in [-0.3, -0.25) is 4.40 Å². The van der Waals surface area contributed by atoms with Crippen LogP contribution in [0.2, 0.25) is 0 Å². The summed E-state index contributed by atoms with van der Waals surface area (Å²) >= 11 is 0. The van der Waals surface area contributed by atoms with Gasteiger partial charge in [-0.05, 0) is 19.4 Å². The van der Waals surface area contributed by atoms with Crippen LogP contribution >= 0.6 is 0 Å². The van der Waals surface area contributed by atoms with Crippen LogP contribution in [0.4, 0.5) is 0 Å². The molecule has 0 amide bonds. The van der Waals surface area contributed by atoms with E-state index in [-0.39, 0.29) is 0 Å². The molecule has 2 heterocycles. The predicted molar refractivity (Wildman–Crippen MR) is 47.1 cm³/mol. The Hall–Kier alpha value is -1.38. The standard InChI is InChI=1S/C9H11N3/c1-3-8-6-7(2)11-9-10-4-5-12(8)9/h4-6H,3H2,1-2H3. The number of fused-ring (bicyclic) bond motifs is 1. The molecule has 0 aliphatic rings. The number of nitrogens with zero attached hydrogens (tertiary/aromatic N) is 3. The van der Waals surface area contributed by atoms with Crippen molar-refractivity contribution in [1.29, 1.82) is 0 Å². The number of hydrogen-bond donors (Lipinski definition) is 0. The summed E-state index contributed by atoms with van der Waals surface area (Å²) in [7, 11) is 0. The number of aromatic nitrogens is 3. The highest BCUT2D eigenvalue weighted by Crippen LogP contribution is 2.06. The van der Waals surface area contributed by atoms with Crippen molar-refractivity contribution in [3.63, 3.8) is 0 Å². The highest BCUT2D eigenvalue weighted by molar-refractivity contribution is 5.32. The van der Waals surface area contributed by atoms with E-state index in [4.69, 9.17) is 0 Å². The summed E-state index contributed by atoms with van der Waals surface area (Å²) in [6, 6.07) is 2.09. The number of imidazole rings is 1. The van der Waals surface area contributed by atoms with E-state index in [9.17, 15) is 0 Å². The van der Waals surface area contributed by atoms with Crippen LogP contribution in [-0.2, 0) is 6.42 Å². The minimum Gasteiger partial charge on any atom is -0.288 e. The van der Waals surface area contributed by atoms with Crippen molar-refractivity contribution in [3.8, 4) is 0 Å². The zero-order chi connectivity index (χ0) is 8.55. The second-order valence-electron chi connectivity index (χ2n) is 2.84. The van der Waals surface area contributed by atoms with E-state index in [1.54, 1.807) is 6.20 Å². The predicted octanol–water partition coefficient (Wildman–Crippen LogP) is 1.60. The van der Waals surface area contributed by atoms with Crippen LogP contribution in [-0.4, -0.2) is 14.4 Å². The molecule has 0 aliphatic carbocycles. The Kier molecular flexibility index (Phi) is 1.57. The van der Waals surface area contributed by atoms with E-state index in [0.29, 0.717) is 0 Å². The van der Waals surface area contributed by atoms with Crippen LogP contribution < -0.4 is 0 Å². The van der Waals surface area contributed by atoms with Gasteiger partial charge in [-0.1, -0.05) is 6.92 Å². The molecule has 12 heavy (non-hydrogen) atoms. The molecule has 0 N–H and O–H groups in total. The van der Waals surface area contributed by atoms with Crippen LogP contribution in [0.1, 0.15) is 18.3 Å². The van der Waals surface area contributed by atoms with Gasteiger partial charge < -0.3 is 0 Å². The zero-order valence-corrected chi connectivity index (χ0v) is 7.28. The van der Waals surface area contributed by atoms with Crippen molar-refractivity contribution in [2.24, 2.45) is 0 Å². The lowest BCUT2D eigenvalue weighted by Gasteiger charge is -2.02. The fourth-order valence-corrected chi connectivity index (χ4v) is 1.38. The summed E-state index contributed by atoms with van der Waals surface area (Å²) < 4.78 is 2.02. The Bertz CT molecular complexity index is 403. The van der Waals surface area contributed by atoms with Gasteiger partial charge in [0.2, 0.25) is 5.78 Å². The molecule has 0 unspecified atom stereocenters. The number of rotatable bonds is 1. The molecule has 0 aromatic carbocycles. The van der Waals surface area contributed by atoms with Gasteiger partial charge in [-0.15, -0.1) is 0 Å². The first-order valence-electron chi connectivity index (χ1n) is 4.11. The summed E-state index contributed by atoms with van der Waals surface area (Å²) in [4.78, 5) is 8.44.